The number of likely N-dealkylation sites (tertiary alicyclic amines) is 1. The summed E-state index contributed by atoms with van der Waals surface area (Å²) in [4.78, 5) is 11.6. The molecule has 4 rings (SSSR count). The zero-order chi connectivity index (χ0) is 18.1. The summed E-state index contributed by atoms with van der Waals surface area (Å²) in [6.07, 6.45) is 4.39. The van der Waals surface area contributed by atoms with E-state index in [-0.39, 0.29) is 0 Å². The van der Waals surface area contributed by atoms with Crippen molar-refractivity contribution >= 4 is 5.82 Å². The van der Waals surface area contributed by atoms with Gasteiger partial charge in [0.1, 0.15) is 6.61 Å². The molecule has 2 aromatic heterocycles. The van der Waals surface area contributed by atoms with Crippen LogP contribution in [0, 0.1) is 19.8 Å². The van der Waals surface area contributed by atoms with Gasteiger partial charge in [0.15, 0.2) is 11.6 Å². The molecule has 5 heteroatoms. The summed E-state index contributed by atoms with van der Waals surface area (Å²) in [5.74, 6) is 2.47. The lowest BCUT2D eigenvalue weighted by Crippen LogP contribution is -2.26. The Bertz CT molecular complexity index is 771. The number of rotatable bonds is 4. The Morgan fingerprint density at radius 2 is 2.08 bits per heavy atom. The van der Waals surface area contributed by atoms with Crippen molar-refractivity contribution in [3.05, 3.63) is 46.9 Å². The van der Waals surface area contributed by atoms with Crippen LogP contribution in [-0.4, -0.2) is 41.1 Å². The molecule has 0 bridgehead atoms. The Hall–Kier alpha value is -2.14. The van der Waals surface area contributed by atoms with Crippen molar-refractivity contribution in [3.63, 3.8) is 0 Å². The average Bonchev–Trinajstić information content (AvgIpc) is 3.08. The molecule has 0 aromatic carbocycles. The number of fused-ring (bicyclic) bond motifs is 1. The van der Waals surface area contributed by atoms with Gasteiger partial charge in [-0.25, -0.2) is 4.98 Å². The Morgan fingerprint density at radius 1 is 1.27 bits per heavy atom. The quantitative estimate of drug-likeness (QED) is 0.912. The molecule has 0 spiro atoms. The standard InChI is InChI=1S/C21H28N4O/c1-14-8-18(9-15(2)24-14)10-17-4-6-25(13-17)16(3)19-11-20-21(23-12-19)22-5-7-26-20/h8-9,11-12,16-17H,4-7,10,13H2,1-3H3,(H,22,23). The maximum Gasteiger partial charge on any atom is 0.168 e. The van der Waals surface area contributed by atoms with Crippen LogP contribution in [0.2, 0.25) is 0 Å². The Balaban J connectivity index is 1.41. The molecule has 0 saturated carbocycles. The molecular formula is C21H28N4O. The summed E-state index contributed by atoms with van der Waals surface area (Å²) < 4.78 is 5.75. The van der Waals surface area contributed by atoms with Crippen molar-refractivity contribution < 1.29 is 4.74 Å². The lowest BCUT2D eigenvalue weighted by atomic mass is 9.98. The van der Waals surface area contributed by atoms with E-state index in [9.17, 15) is 0 Å². The van der Waals surface area contributed by atoms with Crippen molar-refractivity contribution in [3.8, 4) is 5.75 Å². The minimum Gasteiger partial charge on any atom is -0.488 e. The number of anilines is 1. The molecule has 2 unspecified atom stereocenters. The predicted molar refractivity (Wildman–Crippen MR) is 104 cm³/mol. The highest BCUT2D eigenvalue weighted by Crippen LogP contribution is 2.33. The van der Waals surface area contributed by atoms with E-state index in [1.54, 1.807) is 0 Å². The maximum absolute atomic E-state index is 5.75. The molecule has 0 radical (unpaired) electrons. The first-order chi connectivity index (χ1) is 12.6. The van der Waals surface area contributed by atoms with Crippen LogP contribution in [-0.2, 0) is 6.42 Å². The second-order valence-corrected chi connectivity index (χ2v) is 7.68. The van der Waals surface area contributed by atoms with Crippen LogP contribution in [0.25, 0.3) is 0 Å². The minimum atomic E-state index is 0.365. The van der Waals surface area contributed by atoms with Crippen molar-refractivity contribution in [1.29, 1.82) is 0 Å². The molecular weight excluding hydrogens is 324 g/mol. The molecule has 2 atom stereocenters. The van der Waals surface area contributed by atoms with Crippen molar-refractivity contribution in [2.45, 2.75) is 39.7 Å². The third-order valence-corrected chi connectivity index (χ3v) is 5.54. The number of nitrogens with one attached hydrogen (secondary N) is 1. The monoisotopic (exact) mass is 352 g/mol. The first-order valence-electron chi connectivity index (χ1n) is 9.63. The van der Waals surface area contributed by atoms with E-state index < -0.39 is 0 Å². The van der Waals surface area contributed by atoms with Crippen LogP contribution in [0.1, 0.15) is 41.9 Å². The minimum absolute atomic E-state index is 0.365. The molecule has 1 saturated heterocycles. The third kappa shape index (κ3) is 3.68. The van der Waals surface area contributed by atoms with Crippen molar-refractivity contribution in [2.24, 2.45) is 5.92 Å². The highest BCUT2D eigenvalue weighted by atomic mass is 16.5. The van der Waals surface area contributed by atoms with Crippen molar-refractivity contribution in [2.75, 3.05) is 31.6 Å². The molecule has 5 nitrogen and oxygen atoms in total. The number of ether oxygens (including phenoxy) is 1. The Labute approximate surface area is 155 Å². The number of nitrogens with zero attached hydrogens (tertiary/aromatic N) is 3. The molecule has 1 N–H and O–H groups in total. The van der Waals surface area contributed by atoms with E-state index >= 15 is 0 Å². The van der Waals surface area contributed by atoms with Gasteiger partial charge in [-0.15, -0.1) is 0 Å². The van der Waals surface area contributed by atoms with E-state index in [0.717, 1.165) is 49.0 Å². The van der Waals surface area contributed by atoms with Gasteiger partial charge in [-0.1, -0.05) is 0 Å². The Morgan fingerprint density at radius 3 is 2.88 bits per heavy atom. The Kier molecular flexibility index (Phi) is 4.81. The number of aromatic nitrogens is 2. The van der Waals surface area contributed by atoms with Gasteiger partial charge < -0.3 is 10.1 Å². The SMILES string of the molecule is Cc1cc(CC2CCN(C(C)c3cnc4c(c3)OCCN4)C2)cc(C)n1. The smallest absolute Gasteiger partial charge is 0.168 e. The number of pyridine rings is 2. The summed E-state index contributed by atoms with van der Waals surface area (Å²) in [7, 11) is 0. The van der Waals surface area contributed by atoms with Crippen LogP contribution in [0.4, 0.5) is 5.82 Å². The fraction of sp³-hybridized carbons (Fsp3) is 0.524. The van der Waals surface area contributed by atoms with Gasteiger partial charge >= 0.3 is 0 Å². The number of hydrogen-bond donors (Lipinski definition) is 1. The number of aryl methyl sites for hydroxylation is 2. The molecule has 138 valence electrons. The van der Waals surface area contributed by atoms with Gasteiger partial charge in [0.05, 0.1) is 6.54 Å². The van der Waals surface area contributed by atoms with Gasteiger partial charge in [0, 0.05) is 30.2 Å². The molecule has 1 fully saturated rings. The zero-order valence-electron chi connectivity index (χ0n) is 16.0. The van der Waals surface area contributed by atoms with Crippen LogP contribution < -0.4 is 10.1 Å². The molecule has 2 aliphatic rings. The first kappa shape index (κ1) is 17.3. The summed E-state index contributed by atoms with van der Waals surface area (Å²) in [5.41, 5.74) is 4.90. The summed E-state index contributed by atoms with van der Waals surface area (Å²) >= 11 is 0. The molecule has 2 aliphatic heterocycles. The fourth-order valence-corrected chi connectivity index (χ4v) is 4.23. The van der Waals surface area contributed by atoms with Gasteiger partial charge in [-0.2, -0.15) is 0 Å². The zero-order valence-corrected chi connectivity index (χ0v) is 16.0. The largest absolute Gasteiger partial charge is 0.488 e. The molecule has 2 aromatic rings. The molecule has 0 amide bonds. The summed E-state index contributed by atoms with van der Waals surface area (Å²) in [6, 6.07) is 6.99. The van der Waals surface area contributed by atoms with E-state index in [1.165, 1.54) is 17.5 Å². The van der Waals surface area contributed by atoms with Crippen molar-refractivity contribution in [1.82, 2.24) is 14.9 Å². The average molecular weight is 352 g/mol. The van der Waals surface area contributed by atoms with Gasteiger partial charge in [-0.05, 0) is 75.4 Å². The van der Waals surface area contributed by atoms with E-state index in [2.05, 4.69) is 59.2 Å². The molecule has 0 aliphatic carbocycles. The van der Waals surface area contributed by atoms with E-state index in [4.69, 9.17) is 4.74 Å². The predicted octanol–water partition coefficient (Wildman–Crippen LogP) is 3.52. The fourth-order valence-electron chi connectivity index (χ4n) is 4.23. The van der Waals surface area contributed by atoms with Crippen LogP contribution in [0.5, 0.6) is 5.75 Å². The third-order valence-electron chi connectivity index (χ3n) is 5.54. The van der Waals surface area contributed by atoms with Gasteiger partial charge in [0.25, 0.3) is 0 Å². The highest BCUT2D eigenvalue weighted by Gasteiger charge is 2.28. The number of hydrogen-bond acceptors (Lipinski definition) is 5. The normalized spacial score (nSPS) is 21.0. The first-order valence-corrected chi connectivity index (χ1v) is 9.63. The highest BCUT2D eigenvalue weighted by molar-refractivity contribution is 5.52. The molecule has 26 heavy (non-hydrogen) atoms. The van der Waals surface area contributed by atoms with Crippen LogP contribution in [0.3, 0.4) is 0 Å². The van der Waals surface area contributed by atoms with E-state index in [1.807, 2.05) is 6.20 Å². The summed E-state index contributed by atoms with van der Waals surface area (Å²) in [5, 5.41) is 3.29. The van der Waals surface area contributed by atoms with Crippen LogP contribution in [0.15, 0.2) is 24.4 Å². The second-order valence-electron chi connectivity index (χ2n) is 7.68. The van der Waals surface area contributed by atoms with Gasteiger partial charge in [-0.3, -0.25) is 9.88 Å². The maximum atomic E-state index is 5.75. The topological polar surface area (TPSA) is 50.3 Å². The van der Waals surface area contributed by atoms with E-state index in [0.29, 0.717) is 18.6 Å². The lowest BCUT2D eigenvalue weighted by molar-refractivity contribution is 0.250. The molecule has 4 heterocycles. The van der Waals surface area contributed by atoms with Gasteiger partial charge in [0.2, 0.25) is 0 Å². The van der Waals surface area contributed by atoms with Crippen LogP contribution >= 0.6 is 0 Å². The summed E-state index contributed by atoms with van der Waals surface area (Å²) in [6.45, 7) is 10.3. The second kappa shape index (κ2) is 7.23. The lowest BCUT2D eigenvalue weighted by Gasteiger charge is -2.26.